The summed E-state index contributed by atoms with van der Waals surface area (Å²) in [4.78, 5) is 33.7. The quantitative estimate of drug-likeness (QED) is 0.447. The van der Waals surface area contributed by atoms with Crippen LogP contribution < -0.4 is 10.1 Å². The first-order chi connectivity index (χ1) is 15.4. The number of aromatic hydroxyl groups is 1. The van der Waals surface area contributed by atoms with Gasteiger partial charge in [0.1, 0.15) is 6.61 Å². The number of thioether (sulfide) groups is 1. The molecule has 2 heterocycles. The van der Waals surface area contributed by atoms with Crippen LogP contribution in [0.5, 0.6) is 11.5 Å². The largest absolute Gasteiger partial charge is 0.504 e. The Labute approximate surface area is 196 Å². The highest BCUT2D eigenvalue weighted by Gasteiger charge is 2.32. The van der Waals surface area contributed by atoms with Crippen LogP contribution in [-0.4, -0.2) is 38.2 Å². The standard InChI is InChI=1S/C22H17BrN4O4S/c1-27-20(29)19(32-22(27)30)8-14-7-18(17(28)9-16(14)23)31-12-13-10-24-21(25-11-13)26-15-5-3-2-4-6-15/h2-11,28H,12H2,1H3,(H,24,25,26)/b19-8-. The molecule has 1 aliphatic heterocycles. The Bertz CT molecular complexity index is 1200. The Hall–Kier alpha value is -3.37. The summed E-state index contributed by atoms with van der Waals surface area (Å²) in [6.45, 7) is 0.131. The van der Waals surface area contributed by atoms with E-state index in [0.717, 1.165) is 22.3 Å². The van der Waals surface area contributed by atoms with E-state index in [4.69, 9.17) is 4.74 Å². The first-order valence-electron chi connectivity index (χ1n) is 9.40. The lowest BCUT2D eigenvalue weighted by Crippen LogP contribution is -2.22. The van der Waals surface area contributed by atoms with Crippen molar-refractivity contribution in [1.82, 2.24) is 14.9 Å². The third kappa shape index (κ3) is 4.92. The summed E-state index contributed by atoms with van der Waals surface area (Å²) in [6.07, 6.45) is 4.84. The van der Waals surface area contributed by atoms with Crippen LogP contribution in [0.3, 0.4) is 0 Å². The number of para-hydroxylation sites is 1. The summed E-state index contributed by atoms with van der Waals surface area (Å²) < 4.78 is 6.30. The van der Waals surface area contributed by atoms with Gasteiger partial charge in [-0.1, -0.05) is 34.1 Å². The molecule has 162 valence electrons. The molecular weight excluding hydrogens is 496 g/mol. The third-order valence-corrected chi connectivity index (χ3v) is 6.13. The second kappa shape index (κ2) is 9.41. The summed E-state index contributed by atoms with van der Waals surface area (Å²) >= 11 is 4.22. The van der Waals surface area contributed by atoms with Crippen LogP contribution in [0.2, 0.25) is 0 Å². The number of amides is 2. The van der Waals surface area contributed by atoms with Crippen LogP contribution in [0, 0.1) is 0 Å². The zero-order valence-electron chi connectivity index (χ0n) is 16.8. The highest BCUT2D eigenvalue weighted by molar-refractivity contribution is 9.10. The smallest absolute Gasteiger partial charge is 0.293 e. The van der Waals surface area contributed by atoms with Crippen molar-refractivity contribution in [3.63, 3.8) is 0 Å². The monoisotopic (exact) mass is 512 g/mol. The normalized spacial score (nSPS) is 14.8. The average molecular weight is 513 g/mol. The molecule has 1 saturated heterocycles. The minimum absolute atomic E-state index is 0.0686. The number of phenols is 1. The van der Waals surface area contributed by atoms with Crippen LogP contribution in [-0.2, 0) is 11.4 Å². The molecular formula is C22H17BrN4O4S. The van der Waals surface area contributed by atoms with Crippen LogP contribution in [0.25, 0.3) is 6.08 Å². The van der Waals surface area contributed by atoms with E-state index in [-0.39, 0.29) is 29.3 Å². The molecule has 3 aromatic rings. The fourth-order valence-electron chi connectivity index (χ4n) is 2.78. The number of ether oxygens (including phenoxy) is 1. The fraction of sp³-hybridized carbons (Fsp3) is 0.0909. The van der Waals surface area contributed by atoms with E-state index in [1.165, 1.54) is 13.1 Å². The van der Waals surface area contributed by atoms with Gasteiger partial charge in [-0.15, -0.1) is 0 Å². The number of hydrogen-bond acceptors (Lipinski definition) is 8. The van der Waals surface area contributed by atoms with Gasteiger partial charge in [-0.2, -0.15) is 0 Å². The van der Waals surface area contributed by atoms with Crippen molar-refractivity contribution in [3.8, 4) is 11.5 Å². The molecule has 0 spiro atoms. The van der Waals surface area contributed by atoms with Gasteiger partial charge in [-0.05, 0) is 47.7 Å². The zero-order chi connectivity index (χ0) is 22.7. The first kappa shape index (κ1) is 21.8. The van der Waals surface area contributed by atoms with Crippen LogP contribution in [0.1, 0.15) is 11.1 Å². The molecule has 1 aromatic heterocycles. The number of likely N-dealkylation sites (N-methyl/N-ethyl adjacent to an activating group) is 1. The number of anilines is 2. The van der Waals surface area contributed by atoms with Gasteiger partial charge >= 0.3 is 0 Å². The summed E-state index contributed by atoms with van der Waals surface area (Å²) in [5.74, 6) is 0.241. The Kier molecular flexibility index (Phi) is 6.42. The second-order valence-electron chi connectivity index (χ2n) is 6.78. The number of imide groups is 1. The number of carbonyl (C=O) groups excluding carboxylic acids is 2. The Morgan fingerprint density at radius 3 is 2.56 bits per heavy atom. The Balaban J connectivity index is 1.46. The van der Waals surface area contributed by atoms with Gasteiger partial charge in [0.15, 0.2) is 11.5 Å². The number of nitrogens with one attached hydrogen (secondary N) is 1. The van der Waals surface area contributed by atoms with E-state index in [2.05, 4.69) is 31.2 Å². The molecule has 0 radical (unpaired) electrons. The molecule has 2 N–H and O–H groups in total. The predicted molar refractivity (Wildman–Crippen MR) is 126 cm³/mol. The minimum Gasteiger partial charge on any atom is -0.504 e. The molecule has 0 unspecified atom stereocenters. The van der Waals surface area contributed by atoms with Gasteiger partial charge in [0, 0.05) is 35.2 Å². The zero-order valence-corrected chi connectivity index (χ0v) is 19.2. The lowest BCUT2D eigenvalue weighted by atomic mass is 10.2. The molecule has 2 amide bonds. The van der Waals surface area contributed by atoms with E-state index < -0.39 is 0 Å². The van der Waals surface area contributed by atoms with Gasteiger partial charge < -0.3 is 15.2 Å². The van der Waals surface area contributed by atoms with Crippen LogP contribution >= 0.6 is 27.7 Å². The van der Waals surface area contributed by atoms with E-state index >= 15 is 0 Å². The highest BCUT2D eigenvalue weighted by Crippen LogP contribution is 2.37. The number of carbonyl (C=O) groups is 2. The van der Waals surface area contributed by atoms with Crippen molar-refractivity contribution >= 4 is 56.5 Å². The molecule has 10 heteroatoms. The second-order valence-corrected chi connectivity index (χ2v) is 8.62. The van der Waals surface area contributed by atoms with E-state index in [9.17, 15) is 14.7 Å². The first-order valence-corrected chi connectivity index (χ1v) is 11.0. The number of benzene rings is 2. The van der Waals surface area contributed by atoms with Gasteiger partial charge in [0.25, 0.3) is 11.1 Å². The van der Waals surface area contributed by atoms with Gasteiger partial charge in [-0.3, -0.25) is 14.5 Å². The maximum atomic E-state index is 12.1. The molecule has 1 aliphatic rings. The van der Waals surface area contributed by atoms with Crippen molar-refractivity contribution in [2.24, 2.45) is 0 Å². The lowest BCUT2D eigenvalue weighted by Gasteiger charge is -2.11. The SMILES string of the molecule is CN1C(=O)S/C(=C\c2cc(OCc3cnc(Nc4ccccc4)nc3)c(O)cc2Br)C1=O. The molecule has 1 fully saturated rings. The predicted octanol–water partition coefficient (Wildman–Crippen LogP) is 4.93. The van der Waals surface area contributed by atoms with Crippen molar-refractivity contribution < 1.29 is 19.4 Å². The summed E-state index contributed by atoms with van der Waals surface area (Å²) in [7, 11) is 1.43. The summed E-state index contributed by atoms with van der Waals surface area (Å²) in [6, 6.07) is 12.6. The molecule has 4 rings (SSSR count). The maximum absolute atomic E-state index is 12.1. The molecule has 0 saturated carbocycles. The Morgan fingerprint density at radius 2 is 1.91 bits per heavy atom. The van der Waals surface area contributed by atoms with E-state index in [1.54, 1.807) is 24.5 Å². The molecule has 0 atom stereocenters. The summed E-state index contributed by atoms with van der Waals surface area (Å²) in [5, 5.41) is 13.0. The van der Waals surface area contributed by atoms with E-state index in [1.807, 2.05) is 30.3 Å². The topological polar surface area (TPSA) is 105 Å². The van der Waals surface area contributed by atoms with Gasteiger partial charge in [0.05, 0.1) is 4.91 Å². The third-order valence-electron chi connectivity index (χ3n) is 4.48. The van der Waals surface area contributed by atoms with Crippen molar-refractivity contribution in [2.45, 2.75) is 6.61 Å². The molecule has 0 bridgehead atoms. The fourth-order valence-corrected chi connectivity index (χ4v) is 4.04. The molecule has 2 aromatic carbocycles. The van der Waals surface area contributed by atoms with Gasteiger partial charge in [0.2, 0.25) is 5.95 Å². The molecule has 8 nitrogen and oxygen atoms in total. The molecule has 32 heavy (non-hydrogen) atoms. The minimum atomic E-state index is -0.371. The number of nitrogens with zero attached hydrogens (tertiary/aromatic N) is 3. The number of halogens is 1. The van der Waals surface area contributed by atoms with Crippen molar-refractivity contribution in [2.75, 3.05) is 12.4 Å². The number of aromatic nitrogens is 2. The maximum Gasteiger partial charge on any atom is 0.293 e. The van der Waals surface area contributed by atoms with Crippen LogP contribution in [0.15, 0.2) is 64.2 Å². The number of phenolic OH excluding ortho intramolecular Hbond substituents is 1. The van der Waals surface area contributed by atoms with Gasteiger partial charge in [-0.25, -0.2) is 9.97 Å². The van der Waals surface area contributed by atoms with Crippen molar-refractivity contribution in [1.29, 1.82) is 0 Å². The number of rotatable bonds is 6. The average Bonchev–Trinajstić information content (AvgIpc) is 3.03. The summed E-state index contributed by atoms with van der Waals surface area (Å²) in [5.41, 5.74) is 2.18. The molecule has 0 aliphatic carbocycles. The van der Waals surface area contributed by atoms with Crippen LogP contribution in [0.4, 0.5) is 16.4 Å². The number of hydrogen-bond donors (Lipinski definition) is 2. The Morgan fingerprint density at radius 1 is 1.19 bits per heavy atom. The lowest BCUT2D eigenvalue weighted by molar-refractivity contribution is -0.121. The highest BCUT2D eigenvalue weighted by atomic mass is 79.9. The van der Waals surface area contributed by atoms with Crippen molar-refractivity contribution in [3.05, 3.63) is 75.4 Å². The van der Waals surface area contributed by atoms with E-state index in [0.29, 0.717) is 26.5 Å².